The summed E-state index contributed by atoms with van der Waals surface area (Å²) in [6, 6.07) is 0.0876. The van der Waals surface area contributed by atoms with Gasteiger partial charge in [-0.25, -0.2) is 0 Å². The van der Waals surface area contributed by atoms with Crippen molar-refractivity contribution in [3.8, 4) is 0 Å². The van der Waals surface area contributed by atoms with Crippen molar-refractivity contribution in [3.63, 3.8) is 0 Å². The van der Waals surface area contributed by atoms with Crippen LogP contribution in [0.25, 0.3) is 5.73 Å². The third kappa shape index (κ3) is 2.40. The first-order valence-electron chi connectivity index (χ1n) is 3.83. The molecule has 72 valence electrons. The van der Waals surface area contributed by atoms with E-state index < -0.39 is 0 Å². The van der Waals surface area contributed by atoms with Crippen molar-refractivity contribution in [1.29, 1.82) is 0 Å². The summed E-state index contributed by atoms with van der Waals surface area (Å²) >= 11 is 0. The van der Waals surface area contributed by atoms with E-state index in [1.807, 2.05) is 20.8 Å². The molecule has 0 fully saturated rings. The van der Waals surface area contributed by atoms with E-state index in [0.717, 1.165) is 5.69 Å². The third-order valence-electron chi connectivity index (χ3n) is 1.70. The Labute approximate surface area is 91.4 Å². The molecule has 1 aromatic rings. The van der Waals surface area contributed by atoms with Crippen LogP contribution in [0, 0.1) is 6.92 Å². The standard InChI is InChI=1S/C8H12N3O.W/c1-5(2)11-6(3)4-10-7(9)8(11)12;/h4-5H,1-3H3,(H-,9,10);/q-1;. The van der Waals surface area contributed by atoms with Gasteiger partial charge in [-0.15, -0.1) is 0 Å². The quantitative estimate of drug-likeness (QED) is 0.776. The van der Waals surface area contributed by atoms with Crippen LogP contribution >= 0.6 is 0 Å². The molecule has 0 saturated carbocycles. The van der Waals surface area contributed by atoms with Crippen LogP contribution < -0.4 is 5.56 Å². The number of nitrogens with one attached hydrogen (secondary N) is 1. The molecular formula is C8H12N3OW-. The Balaban J connectivity index is 0.00000144. The van der Waals surface area contributed by atoms with Gasteiger partial charge < -0.3 is 15.3 Å². The minimum Gasteiger partial charge on any atom is -0.478 e. The van der Waals surface area contributed by atoms with Gasteiger partial charge in [0.05, 0.1) is 0 Å². The van der Waals surface area contributed by atoms with Crippen LogP contribution in [0.1, 0.15) is 25.6 Å². The Morgan fingerprint density at radius 3 is 2.46 bits per heavy atom. The fourth-order valence-corrected chi connectivity index (χ4v) is 1.19. The molecule has 0 bridgehead atoms. The maximum atomic E-state index is 11.3. The van der Waals surface area contributed by atoms with Crippen LogP contribution in [-0.4, -0.2) is 9.55 Å². The number of aryl methyl sites for hydroxylation is 1. The summed E-state index contributed by atoms with van der Waals surface area (Å²) in [4.78, 5) is 15.0. The molecule has 13 heavy (non-hydrogen) atoms. The smallest absolute Gasteiger partial charge is 0.249 e. The van der Waals surface area contributed by atoms with Gasteiger partial charge >= 0.3 is 0 Å². The maximum absolute atomic E-state index is 11.3. The Hall–Kier alpha value is -0.632. The maximum Gasteiger partial charge on any atom is 0.249 e. The Kier molecular flexibility index (Phi) is 4.34. The number of rotatable bonds is 1. The second-order valence-corrected chi connectivity index (χ2v) is 3.02. The molecule has 0 amide bonds. The van der Waals surface area contributed by atoms with Gasteiger partial charge in [-0.2, -0.15) is 0 Å². The summed E-state index contributed by atoms with van der Waals surface area (Å²) in [5.41, 5.74) is 7.69. The number of nitrogens with zero attached hydrogens (tertiary/aromatic N) is 2. The molecule has 0 atom stereocenters. The molecule has 0 radical (unpaired) electrons. The third-order valence-corrected chi connectivity index (χ3v) is 1.70. The van der Waals surface area contributed by atoms with E-state index in [2.05, 4.69) is 4.98 Å². The average molecular weight is 350 g/mol. The van der Waals surface area contributed by atoms with Crippen LogP contribution in [0.2, 0.25) is 0 Å². The normalized spacial score (nSPS) is 9.85. The minimum absolute atomic E-state index is 0. The molecule has 0 aliphatic rings. The molecule has 0 aliphatic carbocycles. The van der Waals surface area contributed by atoms with Crippen molar-refractivity contribution in [2.24, 2.45) is 0 Å². The Morgan fingerprint density at radius 2 is 2.08 bits per heavy atom. The van der Waals surface area contributed by atoms with Crippen LogP contribution in [0.5, 0.6) is 0 Å². The predicted octanol–water partition coefficient (Wildman–Crippen LogP) is 1.81. The fourth-order valence-electron chi connectivity index (χ4n) is 1.19. The van der Waals surface area contributed by atoms with Gasteiger partial charge in [-0.3, -0.25) is 4.79 Å². The molecule has 1 N–H and O–H groups in total. The van der Waals surface area contributed by atoms with Crippen molar-refractivity contribution >= 4 is 5.82 Å². The first-order chi connectivity index (χ1) is 5.54. The molecule has 5 heteroatoms. The molecule has 0 aromatic carbocycles. The van der Waals surface area contributed by atoms with E-state index in [1.54, 1.807) is 10.8 Å². The zero-order valence-electron chi connectivity index (χ0n) is 7.87. The number of hydrogen-bond acceptors (Lipinski definition) is 2. The van der Waals surface area contributed by atoms with Gasteiger partial charge in [0.15, 0.2) is 0 Å². The van der Waals surface area contributed by atoms with E-state index in [4.69, 9.17) is 5.73 Å². The summed E-state index contributed by atoms with van der Waals surface area (Å²) < 4.78 is 1.56. The van der Waals surface area contributed by atoms with Gasteiger partial charge in [0, 0.05) is 38.6 Å². The van der Waals surface area contributed by atoms with Crippen LogP contribution in [0.15, 0.2) is 11.0 Å². The Bertz CT molecular complexity index is 346. The van der Waals surface area contributed by atoms with E-state index in [0.29, 0.717) is 0 Å². The topological polar surface area (TPSA) is 58.7 Å². The molecule has 1 rings (SSSR count). The molecule has 4 nitrogen and oxygen atoms in total. The van der Waals surface area contributed by atoms with Crippen LogP contribution in [0.4, 0.5) is 5.82 Å². The SMILES string of the molecule is Cc1cnc([NH-])c(=O)n1C(C)C.[W]. The van der Waals surface area contributed by atoms with Crippen molar-refractivity contribution in [3.05, 3.63) is 28.0 Å². The summed E-state index contributed by atoms with van der Waals surface area (Å²) in [6.45, 7) is 5.63. The van der Waals surface area contributed by atoms with Crippen molar-refractivity contribution < 1.29 is 21.1 Å². The largest absolute Gasteiger partial charge is 0.478 e. The predicted molar refractivity (Wildman–Crippen MR) is 47.6 cm³/mol. The average Bonchev–Trinajstić information content (AvgIpc) is 1.97. The Morgan fingerprint density at radius 1 is 1.54 bits per heavy atom. The van der Waals surface area contributed by atoms with Crippen molar-refractivity contribution in [2.45, 2.75) is 26.8 Å². The van der Waals surface area contributed by atoms with Gasteiger partial charge in [-0.1, -0.05) is 6.20 Å². The van der Waals surface area contributed by atoms with E-state index in [1.165, 1.54) is 0 Å². The molecule has 1 aromatic heterocycles. The van der Waals surface area contributed by atoms with E-state index in [9.17, 15) is 4.79 Å². The molecule has 0 spiro atoms. The van der Waals surface area contributed by atoms with Gasteiger partial charge in [0.2, 0.25) is 5.56 Å². The number of aromatic nitrogens is 2. The molecular weight excluding hydrogens is 338 g/mol. The van der Waals surface area contributed by atoms with E-state index in [-0.39, 0.29) is 38.5 Å². The molecule has 1 heterocycles. The summed E-state index contributed by atoms with van der Waals surface area (Å²) in [7, 11) is 0. The summed E-state index contributed by atoms with van der Waals surface area (Å²) in [5, 5.41) is 0. The fraction of sp³-hybridized carbons (Fsp3) is 0.500. The first kappa shape index (κ1) is 12.4. The zero-order valence-corrected chi connectivity index (χ0v) is 10.8. The second-order valence-electron chi connectivity index (χ2n) is 3.02. The van der Waals surface area contributed by atoms with Gasteiger partial charge in [0.25, 0.3) is 0 Å². The molecule has 0 aliphatic heterocycles. The zero-order chi connectivity index (χ0) is 9.30. The summed E-state index contributed by atoms with van der Waals surface area (Å²) in [5.74, 6) is -0.186. The van der Waals surface area contributed by atoms with Crippen molar-refractivity contribution in [1.82, 2.24) is 9.55 Å². The minimum atomic E-state index is -0.315. The second kappa shape index (κ2) is 4.56. The number of hydrogen-bond donors (Lipinski definition) is 0. The van der Waals surface area contributed by atoms with E-state index >= 15 is 0 Å². The monoisotopic (exact) mass is 350 g/mol. The van der Waals surface area contributed by atoms with Crippen LogP contribution in [-0.2, 0) is 21.1 Å². The molecule has 0 unspecified atom stereocenters. The van der Waals surface area contributed by atoms with Crippen molar-refractivity contribution in [2.75, 3.05) is 0 Å². The molecule has 0 saturated heterocycles. The van der Waals surface area contributed by atoms with Crippen LogP contribution in [0.3, 0.4) is 0 Å². The first-order valence-corrected chi connectivity index (χ1v) is 3.83. The van der Waals surface area contributed by atoms with Gasteiger partial charge in [0.1, 0.15) is 0 Å². The summed E-state index contributed by atoms with van der Waals surface area (Å²) in [6.07, 6.45) is 1.55. The van der Waals surface area contributed by atoms with Gasteiger partial charge in [-0.05, 0) is 20.8 Å².